The van der Waals surface area contributed by atoms with E-state index in [4.69, 9.17) is 4.74 Å². The van der Waals surface area contributed by atoms with E-state index in [0.717, 1.165) is 22.2 Å². The minimum absolute atomic E-state index is 0.0142. The number of aliphatic hydroxyl groups is 1. The van der Waals surface area contributed by atoms with E-state index in [1.807, 2.05) is 44.2 Å². The Kier molecular flexibility index (Phi) is 10.1. The standard InChI is InChI=1S/C28H36N4O6S2/c1-3-19(2)15-32(40(36,37)22-10-11-23-26(14-22)39-18-29-23)16-25(33)24(13-20-7-5-4-6-8-20)31-28(35)38-17-21-9-12-27(34)30-21/h4-8,10-11,14,18-19,21,24-25,33H,3,9,12-13,15-17H2,1-2H3,(H,30,34)(H,31,35)/t19-,21-,24-,25+/m0/s1. The van der Waals surface area contributed by atoms with Crippen molar-refractivity contribution in [3.05, 3.63) is 59.6 Å². The third-order valence-corrected chi connectivity index (χ3v) is 9.73. The zero-order valence-electron chi connectivity index (χ0n) is 22.7. The van der Waals surface area contributed by atoms with E-state index < -0.39 is 28.3 Å². The van der Waals surface area contributed by atoms with Gasteiger partial charge in [0.1, 0.15) is 6.61 Å². The van der Waals surface area contributed by atoms with Gasteiger partial charge in [-0.1, -0.05) is 50.6 Å². The molecule has 1 aliphatic heterocycles. The predicted octanol–water partition coefficient (Wildman–Crippen LogP) is 3.31. The number of aromatic nitrogens is 1. The quantitative estimate of drug-likeness (QED) is 0.279. The summed E-state index contributed by atoms with van der Waals surface area (Å²) in [6.07, 6.45) is 0.0184. The number of hydrogen-bond donors (Lipinski definition) is 3. The first-order valence-electron chi connectivity index (χ1n) is 13.4. The summed E-state index contributed by atoms with van der Waals surface area (Å²) in [5, 5.41) is 16.9. The van der Waals surface area contributed by atoms with Crippen molar-refractivity contribution in [3.63, 3.8) is 0 Å². The molecule has 1 saturated heterocycles. The number of carbonyl (C=O) groups is 2. The first kappa shape index (κ1) is 29.9. The lowest BCUT2D eigenvalue weighted by Crippen LogP contribution is -2.51. The summed E-state index contributed by atoms with van der Waals surface area (Å²) in [5.74, 6) is -0.0373. The highest BCUT2D eigenvalue weighted by molar-refractivity contribution is 7.89. The van der Waals surface area contributed by atoms with Gasteiger partial charge >= 0.3 is 6.09 Å². The third-order valence-electron chi connectivity index (χ3n) is 7.11. The number of hydrogen-bond acceptors (Lipinski definition) is 8. The van der Waals surface area contributed by atoms with Gasteiger partial charge < -0.3 is 20.5 Å². The fourth-order valence-corrected chi connectivity index (χ4v) is 6.95. The maximum atomic E-state index is 13.8. The van der Waals surface area contributed by atoms with E-state index in [1.54, 1.807) is 17.6 Å². The lowest BCUT2D eigenvalue weighted by Gasteiger charge is -2.31. The molecule has 4 atom stereocenters. The largest absolute Gasteiger partial charge is 0.447 e. The average Bonchev–Trinajstić information content (AvgIpc) is 3.59. The summed E-state index contributed by atoms with van der Waals surface area (Å²) < 4.78 is 35.0. The molecule has 1 aliphatic rings. The molecule has 0 aliphatic carbocycles. The zero-order chi connectivity index (χ0) is 28.7. The second-order valence-electron chi connectivity index (χ2n) is 10.2. The molecule has 2 aromatic carbocycles. The smallest absolute Gasteiger partial charge is 0.407 e. The molecule has 4 rings (SSSR count). The highest BCUT2D eigenvalue weighted by Crippen LogP contribution is 2.25. The number of ether oxygens (including phenoxy) is 1. The summed E-state index contributed by atoms with van der Waals surface area (Å²) in [6.45, 7) is 3.95. The Morgan fingerprint density at radius 2 is 2.02 bits per heavy atom. The Bertz CT molecular complexity index is 1400. The van der Waals surface area contributed by atoms with Crippen molar-refractivity contribution >= 4 is 43.6 Å². The van der Waals surface area contributed by atoms with E-state index in [9.17, 15) is 23.1 Å². The minimum atomic E-state index is -3.96. The van der Waals surface area contributed by atoms with E-state index in [1.165, 1.54) is 21.7 Å². The van der Waals surface area contributed by atoms with Crippen LogP contribution in [0.3, 0.4) is 0 Å². The molecule has 12 heteroatoms. The number of sulfonamides is 1. The minimum Gasteiger partial charge on any atom is -0.447 e. The Hall–Kier alpha value is -3.06. The normalized spacial score (nSPS) is 17.9. The van der Waals surface area contributed by atoms with Gasteiger partial charge in [0.05, 0.1) is 38.8 Å². The van der Waals surface area contributed by atoms with Gasteiger partial charge in [-0.2, -0.15) is 4.31 Å². The predicted molar refractivity (Wildman–Crippen MR) is 153 cm³/mol. The highest BCUT2D eigenvalue weighted by atomic mass is 32.2. The lowest BCUT2D eigenvalue weighted by atomic mass is 10.0. The van der Waals surface area contributed by atoms with Crippen LogP contribution in [0.15, 0.2) is 58.9 Å². The van der Waals surface area contributed by atoms with Crippen LogP contribution in [0.1, 0.15) is 38.7 Å². The first-order valence-corrected chi connectivity index (χ1v) is 15.8. The van der Waals surface area contributed by atoms with Crippen LogP contribution in [0.5, 0.6) is 0 Å². The topological polar surface area (TPSA) is 138 Å². The number of aliphatic hydroxyl groups excluding tert-OH is 1. The Morgan fingerprint density at radius 3 is 2.73 bits per heavy atom. The Balaban J connectivity index is 1.53. The van der Waals surface area contributed by atoms with Gasteiger partial charge in [0, 0.05) is 19.5 Å². The van der Waals surface area contributed by atoms with Crippen LogP contribution in [0, 0.1) is 5.92 Å². The van der Waals surface area contributed by atoms with Gasteiger partial charge in [-0.05, 0) is 42.5 Å². The third kappa shape index (κ3) is 7.78. The van der Waals surface area contributed by atoms with E-state index >= 15 is 0 Å². The molecule has 3 N–H and O–H groups in total. The summed E-state index contributed by atoms with van der Waals surface area (Å²) in [4.78, 5) is 28.5. The first-order chi connectivity index (χ1) is 19.2. The van der Waals surface area contributed by atoms with Crippen molar-refractivity contribution in [2.45, 2.75) is 62.6 Å². The molecule has 40 heavy (non-hydrogen) atoms. The number of rotatable bonds is 13. The van der Waals surface area contributed by atoms with E-state index in [0.29, 0.717) is 12.8 Å². The van der Waals surface area contributed by atoms with Crippen LogP contribution in [0.2, 0.25) is 0 Å². The molecule has 2 amide bonds. The fraction of sp³-hybridized carbons (Fsp3) is 0.464. The van der Waals surface area contributed by atoms with Crippen LogP contribution in [-0.2, 0) is 26.0 Å². The monoisotopic (exact) mass is 588 g/mol. The van der Waals surface area contributed by atoms with Gasteiger partial charge in [0.25, 0.3) is 0 Å². The molecule has 1 aromatic heterocycles. The number of thiazole rings is 1. The summed E-state index contributed by atoms with van der Waals surface area (Å²) >= 11 is 1.36. The van der Waals surface area contributed by atoms with Crippen LogP contribution in [-0.4, -0.2) is 72.7 Å². The van der Waals surface area contributed by atoms with Crippen molar-refractivity contribution in [1.29, 1.82) is 0 Å². The molecular formula is C28H36N4O6S2. The van der Waals surface area contributed by atoms with Crippen molar-refractivity contribution in [2.24, 2.45) is 5.92 Å². The maximum absolute atomic E-state index is 13.8. The number of nitrogens with one attached hydrogen (secondary N) is 2. The van der Waals surface area contributed by atoms with Gasteiger partial charge in [0.2, 0.25) is 15.9 Å². The van der Waals surface area contributed by atoms with Crippen LogP contribution < -0.4 is 10.6 Å². The van der Waals surface area contributed by atoms with Crippen molar-refractivity contribution in [2.75, 3.05) is 19.7 Å². The molecule has 0 spiro atoms. The van der Waals surface area contributed by atoms with Gasteiger partial charge in [0.15, 0.2) is 0 Å². The Labute approximate surface area is 238 Å². The van der Waals surface area contributed by atoms with E-state index in [2.05, 4.69) is 15.6 Å². The molecular weight excluding hydrogens is 552 g/mol. The van der Waals surface area contributed by atoms with Crippen LogP contribution in [0.25, 0.3) is 10.2 Å². The SMILES string of the molecule is CC[C@H](C)CN(C[C@@H](O)[C@H](Cc1ccccc1)NC(=O)OC[C@@H]1CCC(=O)N1)S(=O)(=O)c1ccc2ncsc2c1. The zero-order valence-corrected chi connectivity index (χ0v) is 24.3. The molecule has 216 valence electrons. The molecule has 10 nitrogen and oxygen atoms in total. The molecule has 3 aromatic rings. The number of alkyl carbamates (subject to hydrolysis) is 1. The van der Waals surface area contributed by atoms with Gasteiger partial charge in [-0.15, -0.1) is 11.3 Å². The van der Waals surface area contributed by atoms with Crippen LogP contribution >= 0.6 is 11.3 Å². The molecule has 0 bridgehead atoms. The second-order valence-corrected chi connectivity index (χ2v) is 13.1. The number of carbonyl (C=O) groups excluding carboxylic acids is 2. The molecule has 0 unspecified atom stereocenters. The number of fused-ring (bicyclic) bond motifs is 1. The van der Waals surface area contributed by atoms with Crippen molar-refractivity contribution in [1.82, 2.24) is 19.9 Å². The van der Waals surface area contributed by atoms with Crippen LogP contribution in [0.4, 0.5) is 4.79 Å². The lowest BCUT2D eigenvalue weighted by molar-refractivity contribution is -0.119. The number of amides is 2. The molecule has 0 radical (unpaired) electrons. The maximum Gasteiger partial charge on any atom is 0.407 e. The van der Waals surface area contributed by atoms with Gasteiger partial charge in [-0.3, -0.25) is 4.79 Å². The molecule has 2 heterocycles. The summed E-state index contributed by atoms with van der Waals surface area (Å²) in [6, 6.07) is 13.1. The van der Waals surface area contributed by atoms with Gasteiger partial charge in [-0.25, -0.2) is 18.2 Å². The molecule has 1 fully saturated rings. The Morgan fingerprint density at radius 1 is 1.25 bits per heavy atom. The number of nitrogens with zero attached hydrogens (tertiary/aromatic N) is 2. The average molecular weight is 589 g/mol. The molecule has 0 saturated carbocycles. The number of benzene rings is 2. The highest BCUT2D eigenvalue weighted by Gasteiger charge is 2.32. The second kappa shape index (κ2) is 13.5. The summed E-state index contributed by atoms with van der Waals surface area (Å²) in [7, 11) is -3.96. The van der Waals surface area contributed by atoms with Crippen molar-refractivity contribution in [3.8, 4) is 0 Å². The van der Waals surface area contributed by atoms with Crippen molar-refractivity contribution < 1.29 is 27.9 Å². The summed E-state index contributed by atoms with van der Waals surface area (Å²) in [5.41, 5.74) is 3.25. The fourth-order valence-electron chi connectivity index (χ4n) is 4.55. The van der Waals surface area contributed by atoms with E-state index in [-0.39, 0.29) is 48.9 Å².